The molecule has 1 aromatic heterocycles. The number of hydrogen-bond acceptors (Lipinski definition) is 2. The summed E-state index contributed by atoms with van der Waals surface area (Å²) in [4.78, 5) is 16.6. The molecule has 140 valence electrons. The Morgan fingerprint density at radius 2 is 1.89 bits per heavy atom. The number of nitrogens with one attached hydrogen (secondary N) is 1. The molecular formula is C23H27N3O. The number of carbonyl (C=O) groups excluding carboxylic acids is 1. The molecule has 1 N–H and O–H groups in total. The van der Waals surface area contributed by atoms with E-state index >= 15 is 0 Å². The molecule has 0 fully saturated rings. The molecule has 0 aliphatic carbocycles. The molecule has 3 rings (SSSR count). The summed E-state index contributed by atoms with van der Waals surface area (Å²) in [5, 5.41) is 2.90. The monoisotopic (exact) mass is 361 g/mol. The lowest BCUT2D eigenvalue weighted by atomic mass is 9.98. The van der Waals surface area contributed by atoms with Gasteiger partial charge >= 0.3 is 0 Å². The van der Waals surface area contributed by atoms with Crippen LogP contribution in [-0.2, 0) is 17.9 Å². The molecule has 0 aliphatic rings. The molecule has 1 atom stereocenters. The zero-order valence-corrected chi connectivity index (χ0v) is 16.3. The Labute approximate surface area is 160 Å². The number of amides is 1. The highest BCUT2D eigenvalue weighted by Crippen LogP contribution is 2.21. The van der Waals surface area contributed by atoms with Crippen LogP contribution in [0.3, 0.4) is 0 Å². The Morgan fingerprint density at radius 1 is 1.19 bits per heavy atom. The van der Waals surface area contributed by atoms with Crippen LogP contribution in [0.2, 0.25) is 0 Å². The molecule has 0 radical (unpaired) electrons. The van der Waals surface area contributed by atoms with Gasteiger partial charge in [0, 0.05) is 12.1 Å². The summed E-state index contributed by atoms with van der Waals surface area (Å²) in [6.45, 7) is 11.0. The van der Waals surface area contributed by atoms with Gasteiger partial charge in [0.2, 0.25) is 5.91 Å². The fourth-order valence-electron chi connectivity index (χ4n) is 3.12. The van der Waals surface area contributed by atoms with Crippen LogP contribution in [0.5, 0.6) is 0 Å². The predicted octanol–water partition coefficient (Wildman–Crippen LogP) is 4.79. The van der Waals surface area contributed by atoms with E-state index in [2.05, 4.69) is 60.6 Å². The maximum absolute atomic E-state index is 11.9. The van der Waals surface area contributed by atoms with Gasteiger partial charge in [0.1, 0.15) is 5.82 Å². The van der Waals surface area contributed by atoms with E-state index < -0.39 is 0 Å². The molecule has 2 aromatic carbocycles. The van der Waals surface area contributed by atoms with Gasteiger partial charge in [0.05, 0.1) is 17.6 Å². The third kappa shape index (κ3) is 4.27. The van der Waals surface area contributed by atoms with E-state index in [0.717, 1.165) is 29.8 Å². The second-order valence-corrected chi connectivity index (χ2v) is 7.12. The summed E-state index contributed by atoms with van der Waals surface area (Å²) in [6, 6.07) is 16.9. The van der Waals surface area contributed by atoms with E-state index in [9.17, 15) is 4.79 Å². The van der Waals surface area contributed by atoms with Crippen molar-refractivity contribution in [3.63, 3.8) is 0 Å². The maximum atomic E-state index is 11.9. The van der Waals surface area contributed by atoms with Gasteiger partial charge in [-0.2, -0.15) is 0 Å². The van der Waals surface area contributed by atoms with Crippen LogP contribution in [0.25, 0.3) is 11.0 Å². The second-order valence-electron chi connectivity index (χ2n) is 7.12. The van der Waals surface area contributed by atoms with Crippen molar-refractivity contribution < 1.29 is 4.79 Å². The second kappa shape index (κ2) is 8.21. The fourth-order valence-corrected chi connectivity index (χ4v) is 3.12. The Kier molecular flexibility index (Phi) is 5.75. The van der Waals surface area contributed by atoms with Crippen molar-refractivity contribution in [3.8, 4) is 0 Å². The topological polar surface area (TPSA) is 46.9 Å². The van der Waals surface area contributed by atoms with Crippen LogP contribution in [-0.4, -0.2) is 15.5 Å². The van der Waals surface area contributed by atoms with Crippen molar-refractivity contribution in [2.24, 2.45) is 0 Å². The van der Waals surface area contributed by atoms with Gasteiger partial charge in [-0.3, -0.25) is 4.79 Å². The summed E-state index contributed by atoms with van der Waals surface area (Å²) < 4.78 is 2.17. The average molecular weight is 361 g/mol. The molecule has 0 bridgehead atoms. The summed E-state index contributed by atoms with van der Waals surface area (Å²) >= 11 is 0. The largest absolute Gasteiger partial charge is 0.345 e. The van der Waals surface area contributed by atoms with E-state index in [-0.39, 0.29) is 5.91 Å². The lowest BCUT2D eigenvalue weighted by Crippen LogP contribution is -2.25. The molecule has 1 unspecified atom stereocenters. The molecule has 0 spiro atoms. The van der Waals surface area contributed by atoms with Crippen LogP contribution in [0.4, 0.5) is 0 Å². The third-order valence-electron chi connectivity index (χ3n) is 5.03. The lowest BCUT2D eigenvalue weighted by molar-refractivity contribution is -0.117. The van der Waals surface area contributed by atoms with Gasteiger partial charge in [0.25, 0.3) is 0 Å². The molecule has 27 heavy (non-hydrogen) atoms. The number of para-hydroxylation sites is 2. The number of imidazole rings is 1. The van der Waals surface area contributed by atoms with Gasteiger partial charge < -0.3 is 9.88 Å². The standard InChI is InChI=1S/C23H27N3O/c1-5-17(4)19-12-10-18(11-13-19)15-26-21-9-7-6-8-20(21)25-22(26)14-24-23(27)16(2)3/h6-13,17H,2,5,14-15H2,1,3-4H3,(H,24,27). The number of rotatable bonds is 7. The molecule has 0 aliphatic heterocycles. The summed E-state index contributed by atoms with van der Waals surface area (Å²) in [7, 11) is 0. The smallest absolute Gasteiger partial charge is 0.246 e. The Balaban J connectivity index is 1.88. The first-order valence-electron chi connectivity index (χ1n) is 9.46. The van der Waals surface area contributed by atoms with Crippen molar-refractivity contribution in [3.05, 3.63) is 77.6 Å². The van der Waals surface area contributed by atoms with Crippen LogP contribution in [0.1, 0.15) is 50.1 Å². The number of nitrogens with zero attached hydrogens (tertiary/aromatic N) is 2. The van der Waals surface area contributed by atoms with Gasteiger partial charge in [-0.15, -0.1) is 0 Å². The summed E-state index contributed by atoms with van der Waals surface area (Å²) in [5.74, 6) is 1.27. The van der Waals surface area contributed by atoms with Crippen LogP contribution < -0.4 is 5.32 Å². The van der Waals surface area contributed by atoms with Gasteiger partial charge in [0.15, 0.2) is 0 Å². The molecule has 1 heterocycles. The van der Waals surface area contributed by atoms with Gasteiger partial charge in [-0.25, -0.2) is 4.98 Å². The minimum Gasteiger partial charge on any atom is -0.345 e. The summed E-state index contributed by atoms with van der Waals surface area (Å²) in [6.07, 6.45) is 1.14. The maximum Gasteiger partial charge on any atom is 0.246 e. The molecule has 3 aromatic rings. The number of benzene rings is 2. The van der Waals surface area contributed by atoms with Crippen LogP contribution in [0, 0.1) is 0 Å². The first-order valence-corrected chi connectivity index (χ1v) is 9.46. The third-order valence-corrected chi connectivity index (χ3v) is 5.03. The SMILES string of the molecule is C=C(C)C(=O)NCc1nc2ccccc2n1Cc1ccc(C(C)CC)cc1. The predicted molar refractivity (Wildman–Crippen MR) is 111 cm³/mol. The molecule has 4 heteroatoms. The van der Waals surface area contributed by atoms with Gasteiger partial charge in [-0.1, -0.05) is 56.8 Å². The number of hydrogen-bond donors (Lipinski definition) is 1. The van der Waals surface area contributed by atoms with Crippen LogP contribution in [0.15, 0.2) is 60.7 Å². The van der Waals surface area contributed by atoms with Gasteiger partial charge in [-0.05, 0) is 42.5 Å². The lowest BCUT2D eigenvalue weighted by Gasteiger charge is -2.13. The molecule has 4 nitrogen and oxygen atoms in total. The van der Waals surface area contributed by atoms with Crippen molar-refractivity contribution in [1.29, 1.82) is 0 Å². The normalized spacial score (nSPS) is 12.1. The Hall–Kier alpha value is -2.88. The first kappa shape index (κ1) is 18.9. The van der Waals surface area contributed by atoms with E-state index in [1.807, 2.05) is 18.2 Å². The van der Waals surface area contributed by atoms with Crippen molar-refractivity contribution >= 4 is 16.9 Å². The van der Waals surface area contributed by atoms with E-state index in [1.165, 1.54) is 11.1 Å². The van der Waals surface area contributed by atoms with Crippen LogP contribution >= 0.6 is 0 Å². The van der Waals surface area contributed by atoms with E-state index in [4.69, 9.17) is 4.98 Å². The zero-order valence-electron chi connectivity index (χ0n) is 16.3. The minimum atomic E-state index is -0.147. The average Bonchev–Trinajstić information content (AvgIpc) is 3.03. The van der Waals surface area contributed by atoms with E-state index in [0.29, 0.717) is 18.0 Å². The molecule has 0 saturated heterocycles. The molecular weight excluding hydrogens is 334 g/mol. The highest BCUT2D eigenvalue weighted by atomic mass is 16.1. The quantitative estimate of drug-likeness (QED) is 0.615. The molecule has 0 saturated carbocycles. The number of carbonyl (C=O) groups is 1. The first-order chi connectivity index (χ1) is 13.0. The number of fused-ring (bicyclic) bond motifs is 1. The summed E-state index contributed by atoms with van der Waals surface area (Å²) in [5.41, 5.74) is 5.10. The van der Waals surface area contributed by atoms with Crippen molar-refractivity contribution in [1.82, 2.24) is 14.9 Å². The highest BCUT2D eigenvalue weighted by molar-refractivity contribution is 5.92. The Morgan fingerprint density at radius 3 is 2.56 bits per heavy atom. The fraction of sp³-hybridized carbons (Fsp3) is 0.304. The minimum absolute atomic E-state index is 0.147. The van der Waals surface area contributed by atoms with Crippen molar-refractivity contribution in [2.45, 2.75) is 46.2 Å². The van der Waals surface area contributed by atoms with Crippen molar-refractivity contribution in [2.75, 3.05) is 0 Å². The van der Waals surface area contributed by atoms with E-state index in [1.54, 1.807) is 6.92 Å². The number of aromatic nitrogens is 2. The highest BCUT2D eigenvalue weighted by Gasteiger charge is 2.12. The Bertz CT molecular complexity index is 953. The zero-order chi connectivity index (χ0) is 19.4. The molecule has 1 amide bonds.